The Balaban J connectivity index is 2.77. The minimum Gasteiger partial charge on any atom is -0.506 e. The van der Waals surface area contributed by atoms with Crippen LogP contribution in [-0.4, -0.2) is 27.3 Å². The summed E-state index contributed by atoms with van der Waals surface area (Å²) in [6, 6.07) is 8.38. The molecule has 0 saturated carbocycles. The van der Waals surface area contributed by atoms with Crippen LogP contribution >= 0.6 is 11.6 Å². The molecule has 0 fully saturated rings. The normalized spacial score (nSPS) is 10.2. The van der Waals surface area contributed by atoms with Gasteiger partial charge < -0.3 is 15.3 Å². The largest absolute Gasteiger partial charge is 0.506 e. The molecule has 0 spiro atoms. The standard InChI is InChI=1S/C14H9ClO5/c15-7-5-10(12(16)11(6-7)14(19)20)8-3-1-2-4-9(8)13(17)18/h1-6,16H,(H,17,18)(H,19,20). The van der Waals surface area contributed by atoms with Crippen molar-refractivity contribution in [2.45, 2.75) is 0 Å². The smallest absolute Gasteiger partial charge is 0.339 e. The fourth-order valence-corrected chi connectivity index (χ4v) is 2.09. The third-order valence-corrected chi connectivity index (χ3v) is 2.97. The van der Waals surface area contributed by atoms with E-state index in [1.54, 1.807) is 6.07 Å². The van der Waals surface area contributed by atoms with Gasteiger partial charge in [-0.2, -0.15) is 0 Å². The van der Waals surface area contributed by atoms with Crippen LogP contribution in [0.1, 0.15) is 20.7 Å². The predicted octanol–water partition coefficient (Wildman–Crippen LogP) is 3.11. The summed E-state index contributed by atoms with van der Waals surface area (Å²) < 4.78 is 0. The molecule has 2 rings (SSSR count). The van der Waals surface area contributed by atoms with Gasteiger partial charge in [-0.3, -0.25) is 0 Å². The highest BCUT2D eigenvalue weighted by atomic mass is 35.5. The van der Waals surface area contributed by atoms with Gasteiger partial charge in [0, 0.05) is 10.6 Å². The van der Waals surface area contributed by atoms with Crippen LogP contribution < -0.4 is 0 Å². The number of benzene rings is 2. The molecule has 2 aromatic carbocycles. The second kappa shape index (κ2) is 5.22. The van der Waals surface area contributed by atoms with Gasteiger partial charge in [-0.1, -0.05) is 29.8 Å². The lowest BCUT2D eigenvalue weighted by molar-refractivity contribution is 0.0685. The molecule has 6 heteroatoms. The lowest BCUT2D eigenvalue weighted by Gasteiger charge is -2.11. The van der Waals surface area contributed by atoms with Crippen LogP contribution in [-0.2, 0) is 0 Å². The molecule has 0 amide bonds. The van der Waals surface area contributed by atoms with Crippen molar-refractivity contribution in [1.29, 1.82) is 0 Å². The number of halogens is 1. The molecule has 0 unspecified atom stereocenters. The number of hydrogen-bond donors (Lipinski definition) is 3. The molecule has 5 nitrogen and oxygen atoms in total. The van der Waals surface area contributed by atoms with Gasteiger partial charge in [0.25, 0.3) is 0 Å². The van der Waals surface area contributed by atoms with Gasteiger partial charge in [0.2, 0.25) is 0 Å². The fraction of sp³-hybridized carbons (Fsp3) is 0. The van der Waals surface area contributed by atoms with Crippen LogP contribution in [0.15, 0.2) is 36.4 Å². The van der Waals surface area contributed by atoms with Crippen LogP contribution in [0.25, 0.3) is 11.1 Å². The van der Waals surface area contributed by atoms with Gasteiger partial charge in [-0.15, -0.1) is 0 Å². The summed E-state index contributed by atoms with van der Waals surface area (Å²) in [5.74, 6) is -3.05. The maximum absolute atomic E-state index is 11.2. The number of aromatic carboxylic acids is 2. The van der Waals surface area contributed by atoms with Crippen LogP contribution in [0.4, 0.5) is 0 Å². The monoisotopic (exact) mass is 292 g/mol. The summed E-state index contributed by atoms with van der Waals surface area (Å²) in [7, 11) is 0. The first-order chi connectivity index (χ1) is 9.41. The van der Waals surface area contributed by atoms with Crippen molar-refractivity contribution in [1.82, 2.24) is 0 Å². The number of hydrogen-bond acceptors (Lipinski definition) is 3. The van der Waals surface area contributed by atoms with Gasteiger partial charge in [-0.05, 0) is 23.8 Å². The maximum Gasteiger partial charge on any atom is 0.339 e. The van der Waals surface area contributed by atoms with E-state index in [1.165, 1.54) is 24.3 Å². The number of aromatic hydroxyl groups is 1. The molecule has 0 heterocycles. The zero-order chi connectivity index (χ0) is 14.9. The minimum absolute atomic E-state index is 0.0543. The summed E-state index contributed by atoms with van der Waals surface area (Å²) in [5, 5.41) is 28.2. The van der Waals surface area contributed by atoms with Crippen molar-refractivity contribution in [3.05, 3.63) is 52.5 Å². The highest BCUT2D eigenvalue weighted by Gasteiger charge is 2.19. The molecule has 102 valence electrons. The molecule has 3 N–H and O–H groups in total. The first-order valence-electron chi connectivity index (χ1n) is 5.50. The molecule has 0 aliphatic heterocycles. The van der Waals surface area contributed by atoms with E-state index in [9.17, 15) is 14.7 Å². The van der Waals surface area contributed by atoms with Crippen molar-refractivity contribution in [3.8, 4) is 16.9 Å². The molecule has 0 bridgehead atoms. The Morgan fingerprint density at radius 2 is 1.50 bits per heavy atom. The van der Waals surface area contributed by atoms with Gasteiger partial charge in [0.05, 0.1) is 5.56 Å². The Labute approximate surface area is 118 Å². The van der Waals surface area contributed by atoms with Crippen LogP contribution in [0.3, 0.4) is 0 Å². The Bertz CT molecular complexity index is 709. The number of carboxylic acid groups (broad SMARTS) is 2. The van der Waals surface area contributed by atoms with E-state index in [0.717, 1.165) is 6.07 Å². The third-order valence-electron chi connectivity index (χ3n) is 2.75. The Morgan fingerprint density at radius 1 is 0.900 bits per heavy atom. The lowest BCUT2D eigenvalue weighted by Crippen LogP contribution is -2.02. The van der Waals surface area contributed by atoms with Crippen molar-refractivity contribution in [3.63, 3.8) is 0 Å². The van der Waals surface area contributed by atoms with Crippen molar-refractivity contribution >= 4 is 23.5 Å². The van der Waals surface area contributed by atoms with E-state index < -0.39 is 17.7 Å². The second-order valence-corrected chi connectivity index (χ2v) is 4.44. The third kappa shape index (κ3) is 2.44. The zero-order valence-electron chi connectivity index (χ0n) is 10.0. The summed E-state index contributed by atoms with van der Waals surface area (Å²) in [6.07, 6.45) is 0. The Hall–Kier alpha value is -2.53. The quantitative estimate of drug-likeness (QED) is 0.808. The predicted molar refractivity (Wildman–Crippen MR) is 72.5 cm³/mol. The maximum atomic E-state index is 11.2. The Morgan fingerprint density at radius 3 is 2.10 bits per heavy atom. The molecule has 0 radical (unpaired) electrons. The van der Waals surface area contributed by atoms with Crippen molar-refractivity contribution in [2.75, 3.05) is 0 Å². The lowest BCUT2D eigenvalue weighted by atomic mass is 9.97. The van der Waals surface area contributed by atoms with Gasteiger partial charge in [-0.25, -0.2) is 9.59 Å². The van der Waals surface area contributed by atoms with Crippen molar-refractivity contribution in [2.24, 2.45) is 0 Å². The number of rotatable bonds is 3. The van der Waals surface area contributed by atoms with Crippen molar-refractivity contribution < 1.29 is 24.9 Å². The molecule has 0 saturated heterocycles. The molecule has 0 atom stereocenters. The van der Waals surface area contributed by atoms with Crippen LogP contribution in [0.5, 0.6) is 5.75 Å². The molecule has 0 aromatic heterocycles. The topological polar surface area (TPSA) is 94.8 Å². The van der Waals surface area contributed by atoms with Gasteiger partial charge in [0.15, 0.2) is 0 Å². The molecular weight excluding hydrogens is 284 g/mol. The summed E-state index contributed by atoms with van der Waals surface area (Å²) in [4.78, 5) is 22.2. The Kier molecular flexibility index (Phi) is 3.63. The number of carboxylic acids is 2. The summed E-state index contributed by atoms with van der Waals surface area (Å²) >= 11 is 5.83. The number of carbonyl (C=O) groups is 2. The van der Waals surface area contributed by atoms with E-state index in [4.69, 9.17) is 21.8 Å². The second-order valence-electron chi connectivity index (χ2n) is 4.01. The molecule has 20 heavy (non-hydrogen) atoms. The zero-order valence-corrected chi connectivity index (χ0v) is 10.8. The van der Waals surface area contributed by atoms with E-state index in [-0.39, 0.29) is 27.3 Å². The minimum atomic E-state index is -1.35. The average Bonchev–Trinajstić information content (AvgIpc) is 2.40. The van der Waals surface area contributed by atoms with E-state index in [2.05, 4.69) is 0 Å². The fourth-order valence-electron chi connectivity index (χ4n) is 1.87. The van der Waals surface area contributed by atoms with E-state index in [0.29, 0.717) is 0 Å². The molecular formula is C14H9ClO5. The van der Waals surface area contributed by atoms with E-state index in [1.807, 2.05) is 0 Å². The van der Waals surface area contributed by atoms with Crippen LogP contribution in [0.2, 0.25) is 5.02 Å². The summed E-state index contributed by atoms with van der Waals surface area (Å²) in [5.41, 5.74) is -0.176. The highest BCUT2D eigenvalue weighted by Crippen LogP contribution is 2.36. The average molecular weight is 293 g/mol. The van der Waals surface area contributed by atoms with Crippen LogP contribution in [0, 0.1) is 0 Å². The first-order valence-corrected chi connectivity index (χ1v) is 5.88. The SMILES string of the molecule is O=C(O)c1ccccc1-c1cc(Cl)cc(C(=O)O)c1O. The first kappa shape index (κ1) is 13.9. The van der Waals surface area contributed by atoms with Gasteiger partial charge in [0.1, 0.15) is 11.3 Å². The van der Waals surface area contributed by atoms with Gasteiger partial charge >= 0.3 is 11.9 Å². The number of phenols is 1. The molecule has 0 aliphatic carbocycles. The molecule has 0 aliphatic rings. The molecule has 2 aromatic rings. The highest BCUT2D eigenvalue weighted by molar-refractivity contribution is 6.31. The summed E-state index contributed by atoms with van der Waals surface area (Å²) in [6.45, 7) is 0. The van der Waals surface area contributed by atoms with E-state index >= 15 is 0 Å².